The number of likely N-dealkylation sites (tertiary alicyclic amines) is 1. The first-order chi connectivity index (χ1) is 15.0. The maximum atomic E-state index is 14.7. The van der Waals surface area contributed by atoms with E-state index >= 15 is 0 Å². The fourth-order valence-electron chi connectivity index (χ4n) is 4.77. The lowest BCUT2D eigenvalue weighted by Gasteiger charge is -2.37. The maximum absolute atomic E-state index is 14.7. The van der Waals surface area contributed by atoms with Crippen molar-refractivity contribution in [3.05, 3.63) is 70.3 Å². The van der Waals surface area contributed by atoms with Gasteiger partial charge in [-0.15, -0.1) is 24.8 Å². The predicted octanol–water partition coefficient (Wildman–Crippen LogP) is 2.94. The van der Waals surface area contributed by atoms with Crippen molar-refractivity contribution >= 4 is 41.9 Å². The second-order valence-electron chi connectivity index (χ2n) is 8.38. The molecule has 1 fully saturated rings. The number of furan rings is 1. The molecule has 0 saturated carbocycles. The molecule has 178 valence electrons. The standard InChI is InChI=1S/C23H25FN4O3.2ClH/c24-18-13-26-19-5-6-20(29)28-15-23(30,21(18)22(19)28)14-27-10-7-16(8-11-27)25-9-1-3-17-4-2-12-31-17;;/h1-6,12-13,16,25,30H,7-11,14-15H2;2*1H/b3-1+;;/t23-;;/m0../s1. The lowest BCUT2D eigenvalue weighted by molar-refractivity contribution is -0.0158. The highest BCUT2D eigenvalue weighted by Gasteiger charge is 2.43. The lowest BCUT2D eigenvalue weighted by Crippen LogP contribution is -2.48. The molecule has 0 aliphatic carbocycles. The molecule has 5 rings (SSSR count). The Morgan fingerprint density at radius 1 is 1.27 bits per heavy atom. The van der Waals surface area contributed by atoms with E-state index in [1.54, 1.807) is 12.3 Å². The number of aliphatic hydroxyl groups is 1. The highest BCUT2D eigenvalue weighted by molar-refractivity contribution is 5.85. The SMILES string of the molecule is Cl.Cl.O=c1ccc2ncc(F)c3c2n1C[C@@]3(O)CN1CCC(NC/C=C/c2ccco2)CC1. The summed E-state index contributed by atoms with van der Waals surface area (Å²) in [5.41, 5.74) is -0.557. The first-order valence-electron chi connectivity index (χ1n) is 10.6. The molecule has 3 aromatic rings. The van der Waals surface area contributed by atoms with Crippen LogP contribution in [0.15, 0.2) is 52.0 Å². The van der Waals surface area contributed by atoms with E-state index in [1.165, 1.54) is 10.6 Å². The third-order valence-electron chi connectivity index (χ3n) is 6.26. The van der Waals surface area contributed by atoms with Crippen molar-refractivity contribution in [2.45, 2.75) is 31.0 Å². The normalized spacial score (nSPS) is 20.8. The number of aromatic nitrogens is 2. The van der Waals surface area contributed by atoms with Crippen LogP contribution < -0.4 is 10.9 Å². The van der Waals surface area contributed by atoms with Gasteiger partial charge < -0.3 is 19.4 Å². The topological polar surface area (TPSA) is 83.5 Å². The Bertz CT molecular complexity index is 1180. The number of nitrogens with one attached hydrogen (secondary N) is 1. The molecule has 2 aliphatic heterocycles. The van der Waals surface area contributed by atoms with Gasteiger partial charge in [0.2, 0.25) is 0 Å². The smallest absolute Gasteiger partial charge is 0.251 e. The summed E-state index contributed by atoms with van der Waals surface area (Å²) in [5, 5.41) is 14.9. The first-order valence-corrected chi connectivity index (χ1v) is 10.6. The zero-order chi connectivity index (χ0) is 21.4. The summed E-state index contributed by atoms with van der Waals surface area (Å²) in [4.78, 5) is 18.5. The number of β-amino-alcohol motifs (C(OH)–C–C–N with tert-alkyl or cyclic N) is 1. The summed E-state index contributed by atoms with van der Waals surface area (Å²) in [6.07, 6.45) is 8.64. The van der Waals surface area contributed by atoms with Gasteiger partial charge in [-0.2, -0.15) is 0 Å². The molecule has 1 saturated heterocycles. The third-order valence-corrected chi connectivity index (χ3v) is 6.26. The number of halogens is 3. The average Bonchev–Trinajstić information content (AvgIpc) is 3.38. The second-order valence-corrected chi connectivity index (χ2v) is 8.38. The minimum absolute atomic E-state index is 0. The molecular formula is C23H27Cl2FN4O3. The van der Waals surface area contributed by atoms with Crippen LogP contribution in [0.3, 0.4) is 0 Å². The Labute approximate surface area is 203 Å². The molecule has 0 radical (unpaired) electrons. The summed E-state index contributed by atoms with van der Waals surface area (Å²) in [5.74, 6) is 0.269. The van der Waals surface area contributed by atoms with E-state index in [1.807, 2.05) is 24.3 Å². The Kier molecular flexibility index (Phi) is 7.97. The van der Waals surface area contributed by atoms with Crippen molar-refractivity contribution in [2.24, 2.45) is 0 Å². The highest BCUT2D eigenvalue weighted by atomic mass is 35.5. The molecule has 33 heavy (non-hydrogen) atoms. The molecule has 10 heteroatoms. The Balaban J connectivity index is 0.00000153. The molecule has 0 aromatic carbocycles. The largest absolute Gasteiger partial charge is 0.465 e. The second kappa shape index (κ2) is 10.4. The van der Waals surface area contributed by atoms with Gasteiger partial charge >= 0.3 is 0 Å². The van der Waals surface area contributed by atoms with Crippen molar-refractivity contribution in [3.63, 3.8) is 0 Å². The van der Waals surface area contributed by atoms with Crippen LogP contribution in [0.25, 0.3) is 17.1 Å². The first kappa shape index (κ1) is 25.4. The van der Waals surface area contributed by atoms with Gasteiger partial charge in [0.05, 0.1) is 35.6 Å². The molecule has 1 atom stereocenters. The van der Waals surface area contributed by atoms with Gasteiger partial charge in [-0.05, 0) is 50.2 Å². The van der Waals surface area contributed by atoms with Gasteiger partial charge in [-0.3, -0.25) is 14.7 Å². The van der Waals surface area contributed by atoms with Crippen LogP contribution in [-0.4, -0.2) is 51.8 Å². The van der Waals surface area contributed by atoms with Crippen LogP contribution in [0.4, 0.5) is 4.39 Å². The molecule has 2 N–H and O–H groups in total. The van der Waals surface area contributed by atoms with E-state index in [2.05, 4.69) is 15.2 Å². The minimum atomic E-state index is -1.44. The lowest BCUT2D eigenvalue weighted by atomic mass is 9.93. The van der Waals surface area contributed by atoms with Gasteiger partial charge in [-0.1, -0.05) is 6.08 Å². The number of nitrogens with zero attached hydrogens (tertiary/aromatic N) is 3. The molecule has 0 bridgehead atoms. The molecule has 0 unspecified atom stereocenters. The van der Waals surface area contributed by atoms with Crippen LogP contribution in [0.2, 0.25) is 0 Å². The highest BCUT2D eigenvalue weighted by Crippen LogP contribution is 2.37. The van der Waals surface area contributed by atoms with E-state index in [0.29, 0.717) is 17.1 Å². The minimum Gasteiger partial charge on any atom is -0.465 e. The molecular weight excluding hydrogens is 470 g/mol. The quantitative estimate of drug-likeness (QED) is 0.545. The Hall–Kier alpha value is -2.23. The summed E-state index contributed by atoms with van der Waals surface area (Å²) in [6, 6.07) is 7.16. The summed E-state index contributed by atoms with van der Waals surface area (Å²) < 4.78 is 21.4. The van der Waals surface area contributed by atoms with Crippen LogP contribution in [0, 0.1) is 5.82 Å². The molecule has 7 nitrogen and oxygen atoms in total. The van der Waals surface area contributed by atoms with Gasteiger partial charge in [0, 0.05) is 25.2 Å². The van der Waals surface area contributed by atoms with Gasteiger partial charge in [-0.25, -0.2) is 4.39 Å². The van der Waals surface area contributed by atoms with Gasteiger partial charge in [0.15, 0.2) is 0 Å². The van der Waals surface area contributed by atoms with Crippen molar-refractivity contribution in [3.8, 4) is 0 Å². The van der Waals surface area contributed by atoms with E-state index in [0.717, 1.165) is 44.4 Å². The van der Waals surface area contributed by atoms with Crippen molar-refractivity contribution < 1.29 is 13.9 Å². The number of pyridine rings is 2. The van der Waals surface area contributed by atoms with Crippen LogP contribution in [0.1, 0.15) is 24.2 Å². The number of hydrogen-bond donors (Lipinski definition) is 2. The maximum Gasteiger partial charge on any atom is 0.251 e. The summed E-state index contributed by atoms with van der Waals surface area (Å²) in [6.45, 7) is 2.69. The molecule has 0 spiro atoms. The fraction of sp³-hybridized carbons (Fsp3) is 0.391. The average molecular weight is 497 g/mol. The van der Waals surface area contributed by atoms with Crippen molar-refractivity contribution in [1.82, 2.24) is 19.8 Å². The number of rotatable bonds is 6. The predicted molar refractivity (Wildman–Crippen MR) is 130 cm³/mol. The fourth-order valence-corrected chi connectivity index (χ4v) is 4.77. The van der Waals surface area contributed by atoms with E-state index < -0.39 is 11.4 Å². The Morgan fingerprint density at radius 2 is 2.06 bits per heavy atom. The molecule has 2 aliphatic rings. The third kappa shape index (κ3) is 5.00. The van der Waals surface area contributed by atoms with Gasteiger partial charge in [0.1, 0.15) is 17.2 Å². The van der Waals surface area contributed by atoms with Crippen LogP contribution >= 0.6 is 24.8 Å². The van der Waals surface area contributed by atoms with E-state index in [9.17, 15) is 14.3 Å². The molecule has 0 amide bonds. The number of hydrogen-bond acceptors (Lipinski definition) is 6. The van der Waals surface area contributed by atoms with Gasteiger partial charge in [0.25, 0.3) is 5.56 Å². The van der Waals surface area contributed by atoms with E-state index in [-0.39, 0.29) is 49.0 Å². The number of piperidine rings is 1. The Morgan fingerprint density at radius 3 is 2.79 bits per heavy atom. The summed E-state index contributed by atoms with van der Waals surface area (Å²) in [7, 11) is 0. The molecule has 3 aromatic heterocycles. The molecule has 5 heterocycles. The summed E-state index contributed by atoms with van der Waals surface area (Å²) >= 11 is 0. The van der Waals surface area contributed by atoms with Crippen molar-refractivity contribution in [1.29, 1.82) is 0 Å². The monoisotopic (exact) mass is 496 g/mol. The van der Waals surface area contributed by atoms with Crippen LogP contribution in [0.5, 0.6) is 0 Å². The zero-order valence-corrected chi connectivity index (χ0v) is 19.6. The van der Waals surface area contributed by atoms with Crippen molar-refractivity contribution in [2.75, 3.05) is 26.2 Å². The zero-order valence-electron chi connectivity index (χ0n) is 17.9. The van der Waals surface area contributed by atoms with Crippen LogP contribution in [-0.2, 0) is 12.1 Å². The van der Waals surface area contributed by atoms with E-state index in [4.69, 9.17) is 4.42 Å².